The van der Waals surface area contributed by atoms with E-state index in [-0.39, 0.29) is 5.91 Å². The molecule has 0 spiro atoms. The average molecular weight is 425 g/mol. The molecule has 1 aromatic carbocycles. The number of hydrogen-bond acceptors (Lipinski definition) is 7. The normalized spacial score (nSPS) is 13.7. The lowest BCUT2D eigenvalue weighted by atomic mass is 10.1. The molecule has 1 aliphatic rings. The number of nitrogens with one attached hydrogen (secondary N) is 1. The van der Waals surface area contributed by atoms with E-state index in [1.165, 1.54) is 0 Å². The van der Waals surface area contributed by atoms with Crippen LogP contribution < -0.4 is 5.32 Å². The number of anilines is 2. The number of aromatic nitrogens is 4. The molecule has 0 radical (unpaired) electrons. The largest absolute Gasteiger partial charge is 0.378 e. The van der Waals surface area contributed by atoms with Crippen molar-refractivity contribution in [3.05, 3.63) is 72.3 Å². The Morgan fingerprint density at radius 3 is 2.56 bits per heavy atom. The van der Waals surface area contributed by atoms with Crippen LogP contribution in [-0.2, 0) is 4.74 Å². The van der Waals surface area contributed by atoms with Gasteiger partial charge in [-0.1, -0.05) is 0 Å². The van der Waals surface area contributed by atoms with E-state index in [2.05, 4.69) is 20.3 Å². The topological polar surface area (TPSA) is 109 Å². The lowest BCUT2D eigenvalue weighted by molar-refractivity contribution is 0.0303. The molecule has 4 aromatic rings. The first-order chi connectivity index (χ1) is 15.7. The van der Waals surface area contributed by atoms with Gasteiger partial charge < -0.3 is 19.5 Å². The maximum atomic E-state index is 12.7. The average Bonchev–Trinajstić information content (AvgIpc) is 3.28. The van der Waals surface area contributed by atoms with Crippen molar-refractivity contribution in [2.75, 3.05) is 31.6 Å². The Hall–Kier alpha value is -4.29. The minimum absolute atomic E-state index is 0.0158. The van der Waals surface area contributed by atoms with Gasteiger partial charge in [0.2, 0.25) is 5.95 Å². The molecule has 9 heteroatoms. The van der Waals surface area contributed by atoms with E-state index in [0.29, 0.717) is 49.2 Å². The molecular weight excluding hydrogens is 406 g/mol. The summed E-state index contributed by atoms with van der Waals surface area (Å²) in [6.45, 7) is 2.39. The zero-order valence-electron chi connectivity index (χ0n) is 17.1. The van der Waals surface area contributed by atoms with Crippen LogP contribution in [0.4, 0.5) is 11.6 Å². The van der Waals surface area contributed by atoms with E-state index in [0.717, 1.165) is 16.7 Å². The number of morpholine rings is 1. The second-order valence-electron chi connectivity index (χ2n) is 7.28. The van der Waals surface area contributed by atoms with Crippen LogP contribution in [0, 0.1) is 11.3 Å². The van der Waals surface area contributed by atoms with Gasteiger partial charge in [-0.25, -0.2) is 9.97 Å². The van der Waals surface area contributed by atoms with E-state index >= 15 is 0 Å². The number of fused-ring (bicyclic) bond motifs is 1. The molecule has 0 aliphatic carbocycles. The van der Waals surface area contributed by atoms with Crippen LogP contribution >= 0.6 is 0 Å². The van der Waals surface area contributed by atoms with E-state index in [9.17, 15) is 4.79 Å². The van der Waals surface area contributed by atoms with Crippen LogP contribution in [-0.4, -0.2) is 56.6 Å². The molecule has 0 saturated carbocycles. The first-order valence-electron chi connectivity index (χ1n) is 10.2. The molecular formula is C23H19N7O2. The van der Waals surface area contributed by atoms with Crippen molar-refractivity contribution in [1.29, 1.82) is 5.26 Å². The number of carbonyl (C=O) groups excluding carboxylic acids is 1. The van der Waals surface area contributed by atoms with Crippen molar-refractivity contribution in [3.8, 4) is 11.8 Å². The van der Waals surface area contributed by atoms with E-state index in [4.69, 9.17) is 10.00 Å². The number of pyridine rings is 1. The van der Waals surface area contributed by atoms with Crippen LogP contribution in [0.15, 0.2) is 61.1 Å². The summed E-state index contributed by atoms with van der Waals surface area (Å²) in [5.41, 5.74) is 3.31. The highest BCUT2D eigenvalue weighted by molar-refractivity contribution is 5.94. The molecule has 158 valence electrons. The van der Waals surface area contributed by atoms with Gasteiger partial charge in [0, 0.05) is 42.1 Å². The fourth-order valence-electron chi connectivity index (χ4n) is 3.56. The van der Waals surface area contributed by atoms with Gasteiger partial charge in [0.05, 0.1) is 25.1 Å². The van der Waals surface area contributed by atoms with Crippen molar-refractivity contribution >= 4 is 28.6 Å². The van der Waals surface area contributed by atoms with Crippen LogP contribution in [0.3, 0.4) is 0 Å². The SMILES string of the molecule is N#Cc1ccc(Nc2ncc3ccn(-c4ccc(C(=O)N5CCOCC5)cc4)c3n2)cn1. The highest BCUT2D eigenvalue weighted by Gasteiger charge is 2.18. The molecule has 0 bridgehead atoms. The summed E-state index contributed by atoms with van der Waals surface area (Å²) in [6.07, 6.45) is 5.23. The Balaban J connectivity index is 1.39. The summed E-state index contributed by atoms with van der Waals surface area (Å²) < 4.78 is 7.27. The van der Waals surface area contributed by atoms with Crippen molar-refractivity contribution < 1.29 is 9.53 Å². The van der Waals surface area contributed by atoms with Crippen LogP contribution in [0.2, 0.25) is 0 Å². The quantitative estimate of drug-likeness (QED) is 0.535. The smallest absolute Gasteiger partial charge is 0.254 e. The Morgan fingerprint density at radius 1 is 1.03 bits per heavy atom. The van der Waals surface area contributed by atoms with Crippen LogP contribution in [0.25, 0.3) is 16.7 Å². The van der Waals surface area contributed by atoms with Crippen molar-refractivity contribution in [2.45, 2.75) is 0 Å². The standard InChI is InChI=1S/C23H19N7O2/c24-13-18-3-4-19(15-25-18)27-23-26-14-17-7-8-30(21(17)28-23)20-5-1-16(2-6-20)22(31)29-9-11-32-12-10-29/h1-8,14-15H,9-12H2,(H,26,27,28). The molecule has 1 N–H and O–H groups in total. The number of carbonyl (C=O) groups is 1. The highest BCUT2D eigenvalue weighted by Crippen LogP contribution is 2.21. The predicted octanol–water partition coefficient (Wildman–Crippen LogP) is 2.90. The number of benzene rings is 1. The molecule has 0 atom stereocenters. The summed E-state index contributed by atoms with van der Waals surface area (Å²) in [4.78, 5) is 27.5. The van der Waals surface area contributed by atoms with Gasteiger partial charge in [-0.2, -0.15) is 10.2 Å². The molecule has 0 unspecified atom stereocenters. The molecule has 3 aromatic heterocycles. The number of nitrogens with zero attached hydrogens (tertiary/aromatic N) is 6. The summed E-state index contributed by atoms with van der Waals surface area (Å²) in [6, 6.07) is 14.8. The number of hydrogen-bond donors (Lipinski definition) is 1. The van der Waals surface area contributed by atoms with E-state index in [1.807, 2.05) is 52.1 Å². The highest BCUT2D eigenvalue weighted by atomic mass is 16.5. The molecule has 4 heterocycles. The van der Waals surface area contributed by atoms with Gasteiger partial charge in [0.15, 0.2) is 0 Å². The van der Waals surface area contributed by atoms with E-state index in [1.54, 1.807) is 24.5 Å². The van der Waals surface area contributed by atoms with Gasteiger partial charge in [-0.05, 0) is 42.5 Å². The number of amides is 1. The molecule has 32 heavy (non-hydrogen) atoms. The third kappa shape index (κ3) is 3.87. The third-order valence-electron chi connectivity index (χ3n) is 5.25. The molecule has 1 fully saturated rings. The van der Waals surface area contributed by atoms with E-state index < -0.39 is 0 Å². The monoisotopic (exact) mass is 425 g/mol. The summed E-state index contributed by atoms with van der Waals surface area (Å²) in [5, 5.41) is 12.9. The first kappa shape index (κ1) is 19.7. The van der Waals surface area contributed by atoms with Gasteiger partial charge in [-0.15, -0.1) is 0 Å². The predicted molar refractivity (Wildman–Crippen MR) is 118 cm³/mol. The minimum Gasteiger partial charge on any atom is -0.378 e. The first-order valence-corrected chi connectivity index (χ1v) is 10.2. The van der Waals surface area contributed by atoms with Crippen LogP contribution in [0.1, 0.15) is 16.1 Å². The Morgan fingerprint density at radius 2 is 1.84 bits per heavy atom. The summed E-state index contributed by atoms with van der Waals surface area (Å²) >= 11 is 0. The maximum Gasteiger partial charge on any atom is 0.254 e. The molecule has 9 nitrogen and oxygen atoms in total. The second kappa shape index (κ2) is 8.45. The number of rotatable bonds is 4. The Bertz CT molecular complexity index is 1300. The minimum atomic E-state index is 0.0158. The van der Waals surface area contributed by atoms with Crippen molar-refractivity contribution in [3.63, 3.8) is 0 Å². The summed E-state index contributed by atoms with van der Waals surface area (Å²) in [5.74, 6) is 0.435. The zero-order chi connectivity index (χ0) is 21.9. The maximum absolute atomic E-state index is 12.7. The van der Waals surface area contributed by atoms with Crippen LogP contribution in [0.5, 0.6) is 0 Å². The number of nitriles is 1. The third-order valence-corrected chi connectivity index (χ3v) is 5.25. The Labute approximate surface area is 183 Å². The molecule has 1 amide bonds. The van der Waals surface area contributed by atoms with Gasteiger partial charge in [-0.3, -0.25) is 4.79 Å². The zero-order valence-corrected chi connectivity index (χ0v) is 17.1. The number of ether oxygens (including phenoxy) is 1. The van der Waals surface area contributed by atoms with Crippen molar-refractivity contribution in [1.82, 2.24) is 24.4 Å². The van der Waals surface area contributed by atoms with Gasteiger partial charge in [0.25, 0.3) is 5.91 Å². The lowest BCUT2D eigenvalue weighted by Gasteiger charge is -2.26. The summed E-state index contributed by atoms with van der Waals surface area (Å²) in [7, 11) is 0. The fraction of sp³-hybridized carbons (Fsp3) is 0.174. The molecule has 1 aliphatic heterocycles. The van der Waals surface area contributed by atoms with Crippen molar-refractivity contribution in [2.24, 2.45) is 0 Å². The fourth-order valence-corrected chi connectivity index (χ4v) is 3.56. The molecule has 5 rings (SSSR count). The lowest BCUT2D eigenvalue weighted by Crippen LogP contribution is -2.40. The van der Waals surface area contributed by atoms with Gasteiger partial charge >= 0.3 is 0 Å². The Kier molecular flexibility index (Phi) is 5.19. The second-order valence-corrected chi connectivity index (χ2v) is 7.28. The molecule has 1 saturated heterocycles. The van der Waals surface area contributed by atoms with Gasteiger partial charge in [0.1, 0.15) is 17.4 Å².